The molecule has 248 valence electrons. The van der Waals surface area contributed by atoms with Crippen molar-refractivity contribution in [2.75, 3.05) is 6.61 Å². The molecule has 6 heteroatoms. The van der Waals surface area contributed by atoms with Gasteiger partial charge in [-0.15, -0.1) is 5.73 Å². The SMILES string of the molecule is CC1=C(O)C(=O)CC(C)(C)/C1=C\C(=O)/C(C)=C/C=C/C(C)=C/C=C/C=C(C)/C=C/C=C(/C=C=C1C(C)(C)C[C@H](O)C[C@@]1(C)O)CO. The molecule has 0 spiro atoms. The van der Waals surface area contributed by atoms with Crippen LogP contribution in [0.1, 0.15) is 81.6 Å². The lowest BCUT2D eigenvalue weighted by atomic mass is 9.65. The number of aliphatic hydroxyl groups is 4. The van der Waals surface area contributed by atoms with Gasteiger partial charge in [0.2, 0.25) is 0 Å². The van der Waals surface area contributed by atoms with Gasteiger partial charge in [0.1, 0.15) is 0 Å². The van der Waals surface area contributed by atoms with E-state index in [0.717, 1.165) is 16.7 Å². The van der Waals surface area contributed by atoms with Crippen LogP contribution in [0.5, 0.6) is 0 Å². The highest BCUT2D eigenvalue weighted by atomic mass is 16.3. The van der Waals surface area contributed by atoms with Gasteiger partial charge < -0.3 is 20.4 Å². The first kappa shape index (κ1) is 38.4. The smallest absolute Gasteiger partial charge is 0.198 e. The van der Waals surface area contributed by atoms with Crippen LogP contribution in [0.15, 0.2) is 123 Å². The first-order valence-corrected chi connectivity index (χ1v) is 15.7. The number of carbonyl (C=O) groups is 2. The summed E-state index contributed by atoms with van der Waals surface area (Å²) in [6, 6.07) is 0. The minimum absolute atomic E-state index is 0.163. The Morgan fingerprint density at radius 1 is 0.891 bits per heavy atom. The lowest BCUT2D eigenvalue weighted by molar-refractivity contribution is -0.120. The number of ketones is 2. The summed E-state index contributed by atoms with van der Waals surface area (Å²) in [6.45, 7) is 16.6. The van der Waals surface area contributed by atoms with E-state index in [1.165, 1.54) is 6.08 Å². The Hall–Kier alpha value is -3.80. The van der Waals surface area contributed by atoms with Crippen molar-refractivity contribution in [3.63, 3.8) is 0 Å². The minimum atomic E-state index is -1.16. The highest BCUT2D eigenvalue weighted by Gasteiger charge is 2.44. The molecule has 0 bridgehead atoms. The van der Waals surface area contributed by atoms with E-state index in [1.54, 1.807) is 39.0 Å². The van der Waals surface area contributed by atoms with Gasteiger partial charge in [-0.1, -0.05) is 99.6 Å². The van der Waals surface area contributed by atoms with Crippen molar-refractivity contribution >= 4 is 11.6 Å². The molecule has 6 nitrogen and oxygen atoms in total. The number of aliphatic hydroxyl groups excluding tert-OH is 3. The molecule has 4 N–H and O–H groups in total. The number of Topliss-reactive ketones (excluding diaryl/α,β-unsaturated/α-hetero) is 1. The summed E-state index contributed by atoms with van der Waals surface area (Å²) >= 11 is 0. The molecule has 0 amide bonds. The van der Waals surface area contributed by atoms with Gasteiger partial charge in [-0.05, 0) is 86.3 Å². The van der Waals surface area contributed by atoms with Crippen molar-refractivity contribution in [3.05, 3.63) is 123 Å². The van der Waals surface area contributed by atoms with Crippen molar-refractivity contribution in [2.45, 2.75) is 93.3 Å². The van der Waals surface area contributed by atoms with Gasteiger partial charge in [-0.3, -0.25) is 9.59 Å². The Bertz CT molecular complexity index is 1510. The van der Waals surface area contributed by atoms with Crippen LogP contribution < -0.4 is 0 Å². The summed E-state index contributed by atoms with van der Waals surface area (Å²) in [4.78, 5) is 24.8. The Morgan fingerprint density at radius 3 is 2.00 bits per heavy atom. The molecule has 0 saturated heterocycles. The molecule has 0 heterocycles. The zero-order valence-corrected chi connectivity index (χ0v) is 28.9. The topological polar surface area (TPSA) is 115 Å². The fourth-order valence-electron chi connectivity index (χ4n) is 5.96. The maximum Gasteiger partial charge on any atom is 0.198 e. The molecule has 2 rings (SSSR count). The Kier molecular flexibility index (Phi) is 13.5. The average molecular weight is 629 g/mol. The second-order valence-corrected chi connectivity index (χ2v) is 13.9. The van der Waals surface area contributed by atoms with Gasteiger partial charge >= 0.3 is 0 Å². The third-order valence-electron chi connectivity index (χ3n) is 8.40. The third kappa shape index (κ3) is 10.9. The van der Waals surface area contributed by atoms with Crippen LogP contribution in [0.25, 0.3) is 0 Å². The van der Waals surface area contributed by atoms with Crippen LogP contribution in [-0.2, 0) is 9.59 Å². The molecule has 0 aliphatic heterocycles. The van der Waals surface area contributed by atoms with E-state index < -0.39 is 22.5 Å². The normalized spacial score (nSPS) is 25.7. The summed E-state index contributed by atoms with van der Waals surface area (Å²) in [5.41, 5.74) is 6.17. The molecule has 0 aromatic heterocycles. The molecule has 2 aliphatic rings. The molecule has 0 radical (unpaired) electrons. The number of rotatable bonds is 10. The van der Waals surface area contributed by atoms with Crippen molar-refractivity contribution in [3.8, 4) is 0 Å². The summed E-state index contributed by atoms with van der Waals surface area (Å²) in [6.07, 6.45) is 22.5. The van der Waals surface area contributed by atoms with Gasteiger partial charge in [0.25, 0.3) is 0 Å². The molecular weight excluding hydrogens is 576 g/mol. The summed E-state index contributed by atoms with van der Waals surface area (Å²) in [5, 5.41) is 40.9. The molecule has 1 fully saturated rings. The largest absolute Gasteiger partial charge is 0.504 e. The fraction of sp³-hybridized carbons (Fsp3) is 0.425. The van der Waals surface area contributed by atoms with Gasteiger partial charge in [0, 0.05) is 18.4 Å². The van der Waals surface area contributed by atoms with Gasteiger partial charge in [-0.2, -0.15) is 0 Å². The van der Waals surface area contributed by atoms with E-state index in [4.69, 9.17) is 0 Å². The first-order valence-electron chi connectivity index (χ1n) is 15.7. The second-order valence-electron chi connectivity index (χ2n) is 13.9. The van der Waals surface area contributed by atoms with E-state index >= 15 is 0 Å². The summed E-state index contributed by atoms with van der Waals surface area (Å²) in [7, 11) is 0. The Labute approximate surface area is 275 Å². The Balaban J connectivity index is 2.04. The van der Waals surface area contributed by atoms with Crippen molar-refractivity contribution in [1.29, 1.82) is 0 Å². The summed E-state index contributed by atoms with van der Waals surface area (Å²) < 4.78 is 0. The van der Waals surface area contributed by atoms with E-state index in [1.807, 2.05) is 90.2 Å². The zero-order valence-electron chi connectivity index (χ0n) is 28.9. The van der Waals surface area contributed by atoms with Crippen LogP contribution in [0.3, 0.4) is 0 Å². The lowest BCUT2D eigenvalue weighted by Gasteiger charge is -2.43. The number of allylic oxidation sites excluding steroid dienone is 17. The number of hydrogen-bond acceptors (Lipinski definition) is 6. The first-order chi connectivity index (χ1) is 21.3. The monoisotopic (exact) mass is 628 g/mol. The molecule has 2 aliphatic carbocycles. The van der Waals surface area contributed by atoms with Crippen molar-refractivity contribution in [2.24, 2.45) is 10.8 Å². The highest BCUT2D eigenvalue weighted by molar-refractivity contribution is 6.05. The zero-order chi connectivity index (χ0) is 34.9. The quantitative estimate of drug-likeness (QED) is 0.112. The Morgan fingerprint density at radius 2 is 1.46 bits per heavy atom. The van der Waals surface area contributed by atoms with Crippen LogP contribution in [0, 0.1) is 10.8 Å². The molecule has 1 saturated carbocycles. The van der Waals surface area contributed by atoms with Gasteiger partial charge in [-0.25, -0.2) is 0 Å². The molecule has 0 unspecified atom stereocenters. The van der Waals surface area contributed by atoms with Crippen LogP contribution in [-0.4, -0.2) is 50.3 Å². The van der Waals surface area contributed by atoms with E-state index in [0.29, 0.717) is 28.7 Å². The van der Waals surface area contributed by atoms with Crippen molar-refractivity contribution < 1.29 is 30.0 Å². The third-order valence-corrected chi connectivity index (χ3v) is 8.40. The van der Waals surface area contributed by atoms with Gasteiger partial charge in [0.15, 0.2) is 17.3 Å². The maximum atomic E-state index is 12.8. The minimum Gasteiger partial charge on any atom is -0.504 e. The molecule has 46 heavy (non-hydrogen) atoms. The standard InChI is InChI=1S/C40H52O6/c1-27(16-12-18-29(3)34(43)22-33-30(4)37(45)35(44)25-38(33,5)6)14-10-11-15-28(2)17-13-19-31(26-41)20-21-36-39(7,8)23-32(42)24-40(36,9)46/h10-20,22,32,41-42,45-46H,23-26H2,1-9H3/b11-10+,16-12+,17-13+,27-14+,28-15+,29-18+,31-19-,33-22-/t21?,32-,40+/m0/s1. The number of carbonyl (C=O) groups excluding carboxylic acids is 2. The molecule has 2 atom stereocenters. The number of hydrogen-bond donors (Lipinski definition) is 4. The van der Waals surface area contributed by atoms with Gasteiger partial charge in [0.05, 0.1) is 18.3 Å². The van der Waals surface area contributed by atoms with Crippen LogP contribution in [0.2, 0.25) is 0 Å². The van der Waals surface area contributed by atoms with Crippen molar-refractivity contribution in [1.82, 2.24) is 0 Å². The maximum absolute atomic E-state index is 12.8. The highest BCUT2D eigenvalue weighted by Crippen LogP contribution is 2.45. The predicted molar refractivity (Wildman–Crippen MR) is 187 cm³/mol. The predicted octanol–water partition coefficient (Wildman–Crippen LogP) is 7.75. The molecular formula is C40H52O6. The fourth-order valence-corrected chi connectivity index (χ4v) is 5.96. The van der Waals surface area contributed by atoms with E-state index in [2.05, 4.69) is 5.73 Å². The lowest BCUT2D eigenvalue weighted by Crippen LogP contribution is -2.45. The van der Waals surface area contributed by atoms with Crippen LogP contribution >= 0.6 is 0 Å². The average Bonchev–Trinajstić information content (AvgIpc) is 2.93. The van der Waals surface area contributed by atoms with E-state index in [-0.39, 0.29) is 36.8 Å². The molecule has 0 aromatic rings. The molecule has 0 aromatic carbocycles. The summed E-state index contributed by atoms with van der Waals surface area (Å²) in [5.74, 6) is -0.728. The second kappa shape index (κ2) is 16.2. The van der Waals surface area contributed by atoms with Crippen LogP contribution in [0.4, 0.5) is 0 Å². The van der Waals surface area contributed by atoms with E-state index in [9.17, 15) is 30.0 Å².